The molecule has 0 aliphatic carbocycles. The molecule has 6 nitrogen and oxygen atoms in total. The lowest BCUT2D eigenvalue weighted by molar-refractivity contribution is 0.623. The number of benzene rings is 1. The fourth-order valence-electron chi connectivity index (χ4n) is 2.16. The highest BCUT2D eigenvalue weighted by Crippen LogP contribution is 2.22. The SMILES string of the molecule is CC(Nc1nc(NN)cn2ccnc12)c1cccc(F)c1. The minimum atomic E-state index is -0.266. The Bertz CT molecular complexity index is 769. The van der Waals surface area contributed by atoms with Gasteiger partial charge in [0.05, 0.1) is 12.2 Å². The van der Waals surface area contributed by atoms with Gasteiger partial charge in [0.1, 0.15) is 5.82 Å². The zero-order chi connectivity index (χ0) is 14.8. The molecule has 108 valence electrons. The Morgan fingerprint density at radius 1 is 1.38 bits per heavy atom. The number of hydrogen-bond donors (Lipinski definition) is 3. The van der Waals surface area contributed by atoms with Crippen molar-refractivity contribution in [1.29, 1.82) is 0 Å². The van der Waals surface area contributed by atoms with Crippen LogP contribution >= 0.6 is 0 Å². The van der Waals surface area contributed by atoms with E-state index < -0.39 is 0 Å². The second kappa shape index (κ2) is 5.37. The summed E-state index contributed by atoms with van der Waals surface area (Å²) >= 11 is 0. The van der Waals surface area contributed by atoms with E-state index in [1.165, 1.54) is 12.1 Å². The number of fused-ring (bicyclic) bond motifs is 1. The van der Waals surface area contributed by atoms with Gasteiger partial charge in [0.15, 0.2) is 17.3 Å². The number of hydrazine groups is 1. The smallest absolute Gasteiger partial charge is 0.180 e. The van der Waals surface area contributed by atoms with Gasteiger partial charge in [-0.3, -0.25) is 0 Å². The summed E-state index contributed by atoms with van der Waals surface area (Å²) in [6, 6.07) is 6.32. The zero-order valence-electron chi connectivity index (χ0n) is 11.4. The first-order chi connectivity index (χ1) is 10.2. The van der Waals surface area contributed by atoms with E-state index in [1.54, 1.807) is 24.7 Å². The minimum absolute atomic E-state index is 0.123. The van der Waals surface area contributed by atoms with E-state index in [-0.39, 0.29) is 11.9 Å². The first-order valence-corrected chi connectivity index (χ1v) is 6.49. The highest BCUT2D eigenvalue weighted by atomic mass is 19.1. The monoisotopic (exact) mass is 286 g/mol. The molecule has 0 fully saturated rings. The average Bonchev–Trinajstić information content (AvgIpc) is 2.95. The molecule has 3 aromatic rings. The third-order valence-electron chi connectivity index (χ3n) is 3.22. The summed E-state index contributed by atoms with van der Waals surface area (Å²) in [4.78, 5) is 8.61. The van der Waals surface area contributed by atoms with Gasteiger partial charge >= 0.3 is 0 Å². The molecule has 1 atom stereocenters. The van der Waals surface area contributed by atoms with Crippen LogP contribution in [0.3, 0.4) is 0 Å². The molecule has 0 amide bonds. The number of rotatable bonds is 4. The summed E-state index contributed by atoms with van der Waals surface area (Å²) in [6.07, 6.45) is 5.21. The molecule has 2 aromatic heterocycles. The summed E-state index contributed by atoms with van der Waals surface area (Å²) in [5, 5.41) is 3.23. The lowest BCUT2D eigenvalue weighted by Gasteiger charge is -2.16. The number of nitrogens with one attached hydrogen (secondary N) is 2. The number of aromatic nitrogens is 3. The van der Waals surface area contributed by atoms with Crippen LogP contribution in [-0.4, -0.2) is 14.4 Å². The van der Waals surface area contributed by atoms with Crippen LogP contribution in [0.1, 0.15) is 18.5 Å². The van der Waals surface area contributed by atoms with Crippen molar-refractivity contribution >= 4 is 17.3 Å². The van der Waals surface area contributed by atoms with E-state index >= 15 is 0 Å². The zero-order valence-corrected chi connectivity index (χ0v) is 11.4. The van der Waals surface area contributed by atoms with Gasteiger partial charge in [-0.05, 0) is 24.6 Å². The van der Waals surface area contributed by atoms with Gasteiger partial charge in [0.25, 0.3) is 0 Å². The summed E-state index contributed by atoms with van der Waals surface area (Å²) in [5.74, 6) is 6.24. The lowest BCUT2D eigenvalue weighted by atomic mass is 10.1. The first kappa shape index (κ1) is 13.3. The Morgan fingerprint density at radius 2 is 2.24 bits per heavy atom. The maximum atomic E-state index is 13.3. The van der Waals surface area contributed by atoms with Crippen molar-refractivity contribution in [2.75, 3.05) is 10.7 Å². The molecule has 0 aliphatic heterocycles. The predicted molar refractivity (Wildman–Crippen MR) is 79.2 cm³/mol. The van der Waals surface area contributed by atoms with E-state index in [0.29, 0.717) is 17.3 Å². The molecule has 0 spiro atoms. The summed E-state index contributed by atoms with van der Waals surface area (Å²) in [6.45, 7) is 1.93. The van der Waals surface area contributed by atoms with E-state index in [0.717, 1.165) is 5.56 Å². The number of nitrogen functional groups attached to an aromatic ring is 1. The number of halogens is 1. The van der Waals surface area contributed by atoms with Crippen molar-refractivity contribution in [2.45, 2.75) is 13.0 Å². The van der Waals surface area contributed by atoms with Crippen LogP contribution in [0.15, 0.2) is 42.9 Å². The molecule has 0 aliphatic rings. The van der Waals surface area contributed by atoms with E-state index in [1.807, 2.05) is 17.4 Å². The lowest BCUT2D eigenvalue weighted by Crippen LogP contribution is -2.14. The van der Waals surface area contributed by atoms with Crippen LogP contribution in [0, 0.1) is 5.82 Å². The maximum absolute atomic E-state index is 13.3. The Morgan fingerprint density at radius 3 is 3.00 bits per heavy atom. The summed E-state index contributed by atoms with van der Waals surface area (Å²) in [5.41, 5.74) is 4.02. The van der Waals surface area contributed by atoms with E-state index in [2.05, 4.69) is 20.7 Å². The molecule has 1 unspecified atom stereocenters. The molecule has 4 N–H and O–H groups in total. The fourth-order valence-corrected chi connectivity index (χ4v) is 2.16. The molecule has 21 heavy (non-hydrogen) atoms. The van der Waals surface area contributed by atoms with Crippen LogP contribution < -0.4 is 16.6 Å². The molecular formula is C14H15FN6. The van der Waals surface area contributed by atoms with Gasteiger partial charge in [0, 0.05) is 12.4 Å². The van der Waals surface area contributed by atoms with Gasteiger partial charge in [-0.2, -0.15) is 0 Å². The van der Waals surface area contributed by atoms with E-state index in [9.17, 15) is 4.39 Å². The molecule has 7 heteroatoms. The molecule has 0 radical (unpaired) electrons. The van der Waals surface area contributed by atoms with Crippen LogP contribution in [0.2, 0.25) is 0 Å². The normalized spacial score (nSPS) is 12.3. The number of nitrogens with two attached hydrogens (primary N) is 1. The minimum Gasteiger partial charge on any atom is -0.360 e. The van der Waals surface area contributed by atoms with Gasteiger partial charge in [0.2, 0.25) is 0 Å². The van der Waals surface area contributed by atoms with Crippen LogP contribution in [0.25, 0.3) is 5.65 Å². The third-order valence-corrected chi connectivity index (χ3v) is 3.22. The van der Waals surface area contributed by atoms with Crippen LogP contribution in [0.4, 0.5) is 16.0 Å². The van der Waals surface area contributed by atoms with Gasteiger partial charge in [-0.15, -0.1) is 0 Å². The Labute approximate surface area is 120 Å². The highest BCUT2D eigenvalue weighted by molar-refractivity contribution is 5.65. The number of imidazole rings is 1. The molecule has 0 bridgehead atoms. The van der Waals surface area contributed by atoms with Gasteiger partial charge in [-0.25, -0.2) is 20.2 Å². The van der Waals surface area contributed by atoms with Crippen molar-refractivity contribution < 1.29 is 4.39 Å². The molecule has 3 rings (SSSR count). The van der Waals surface area contributed by atoms with Gasteiger partial charge in [-0.1, -0.05) is 12.1 Å². The Kier molecular flexibility index (Phi) is 3.41. The molecule has 2 heterocycles. The van der Waals surface area contributed by atoms with Crippen molar-refractivity contribution in [3.63, 3.8) is 0 Å². The first-order valence-electron chi connectivity index (χ1n) is 6.49. The summed E-state index contributed by atoms with van der Waals surface area (Å²) in [7, 11) is 0. The van der Waals surface area contributed by atoms with E-state index in [4.69, 9.17) is 5.84 Å². The highest BCUT2D eigenvalue weighted by Gasteiger charge is 2.12. The number of nitrogens with zero attached hydrogens (tertiary/aromatic N) is 3. The standard InChI is InChI=1S/C14H15FN6/c1-9(10-3-2-4-11(15)7-10)18-13-14-17-5-6-21(14)8-12(19-13)20-16/h2-9,20H,16H2,1H3,(H,18,19). The Hall–Kier alpha value is -2.67. The van der Waals surface area contributed by atoms with Crippen molar-refractivity contribution in [3.05, 3.63) is 54.2 Å². The van der Waals surface area contributed by atoms with Gasteiger partial charge < -0.3 is 15.1 Å². The Balaban J connectivity index is 1.95. The average molecular weight is 286 g/mol. The van der Waals surface area contributed by atoms with Crippen LogP contribution in [-0.2, 0) is 0 Å². The van der Waals surface area contributed by atoms with Crippen molar-refractivity contribution in [1.82, 2.24) is 14.4 Å². The topological polar surface area (TPSA) is 80.3 Å². The summed E-state index contributed by atoms with van der Waals surface area (Å²) < 4.78 is 15.1. The number of anilines is 2. The second-order valence-corrected chi connectivity index (χ2v) is 4.70. The maximum Gasteiger partial charge on any atom is 0.180 e. The second-order valence-electron chi connectivity index (χ2n) is 4.70. The number of hydrogen-bond acceptors (Lipinski definition) is 5. The largest absolute Gasteiger partial charge is 0.360 e. The van der Waals surface area contributed by atoms with Crippen molar-refractivity contribution in [2.24, 2.45) is 5.84 Å². The molecule has 0 saturated heterocycles. The molecule has 1 aromatic carbocycles. The molecular weight excluding hydrogens is 271 g/mol. The van der Waals surface area contributed by atoms with Crippen LogP contribution in [0.5, 0.6) is 0 Å². The molecule has 0 saturated carbocycles. The van der Waals surface area contributed by atoms with Crippen molar-refractivity contribution in [3.8, 4) is 0 Å². The predicted octanol–water partition coefficient (Wildman–Crippen LogP) is 2.33. The quantitative estimate of drug-likeness (QED) is 0.506. The third kappa shape index (κ3) is 2.63. The fraction of sp³-hybridized carbons (Fsp3) is 0.143.